The predicted octanol–water partition coefficient (Wildman–Crippen LogP) is 3.97. The second kappa shape index (κ2) is 9.06. The number of benzene rings is 1. The monoisotopic (exact) mass is 419 g/mol. The maximum atomic E-state index is 6.54. The second-order valence-corrected chi connectivity index (χ2v) is 8.34. The van der Waals surface area contributed by atoms with Gasteiger partial charge in [0.1, 0.15) is 22.9 Å². The van der Waals surface area contributed by atoms with Gasteiger partial charge < -0.3 is 19.7 Å². The highest BCUT2D eigenvalue weighted by atomic mass is 16.5. The molecule has 1 aliphatic carbocycles. The molecular weight excluding hydrogens is 390 g/mol. The van der Waals surface area contributed by atoms with Crippen LogP contribution in [-0.2, 0) is 4.74 Å². The molecule has 7 nitrogen and oxygen atoms in total. The van der Waals surface area contributed by atoms with Crippen molar-refractivity contribution in [1.82, 2.24) is 15.0 Å². The van der Waals surface area contributed by atoms with Crippen LogP contribution < -0.4 is 15.0 Å². The summed E-state index contributed by atoms with van der Waals surface area (Å²) in [5.74, 6) is 2.59. The molecule has 2 aliphatic rings. The third kappa shape index (κ3) is 4.71. The quantitative estimate of drug-likeness (QED) is 0.671. The van der Waals surface area contributed by atoms with Gasteiger partial charge in [-0.2, -0.15) is 0 Å². The summed E-state index contributed by atoms with van der Waals surface area (Å²) < 4.78 is 12.1. The normalized spacial score (nSPS) is 21.8. The van der Waals surface area contributed by atoms with E-state index in [0.717, 1.165) is 80.3 Å². The number of ether oxygens (including phenoxy) is 2. The molecule has 1 N–H and O–H groups in total. The molecule has 7 heteroatoms. The summed E-state index contributed by atoms with van der Waals surface area (Å²) in [6, 6.07) is 10.8. The highest BCUT2D eigenvalue weighted by Gasteiger charge is 2.24. The average molecular weight is 420 g/mol. The number of anilines is 2. The van der Waals surface area contributed by atoms with Crippen LogP contribution in [0.3, 0.4) is 0 Å². The van der Waals surface area contributed by atoms with Gasteiger partial charge in [-0.1, -0.05) is 6.07 Å². The number of fused-ring (bicyclic) bond motifs is 1. The number of nitrogens with one attached hydrogen (secondary N) is 1. The van der Waals surface area contributed by atoms with E-state index >= 15 is 0 Å². The zero-order valence-electron chi connectivity index (χ0n) is 18.0. The topological polar surface area (TPSA) is 72.4 Å². The average Bonchev–Trinajstić information content (AvgIpc) is 2.81. The Bertz CT molecular complexity index is 1030. The van der Waals surface area contributed by atoms with Crippen molar-refractivity contribution in [2.24, 2.45) is 0 Å². The molecule has 1 aromatic carbocycles. The fourth-order valence-corrected chi connectivity index (χ4v) is 4.49. The van der Waals surface area contributed by atoms with E-state index in [0.29, 0.717) is 6.04 Å². The van der Waals surface area contributed by atoms with E-state index in [2.05, 4.69) is 43.4 Å². The maximum absolute atomic E-state index is 6.54. The first kappa shape index (κ1) is 20.0. The minimum absolute atomic E-state index is 0.204. The van der Waals surface area contributed by atoms with Gasteiger partial charge in [0.2, 0.25) is 0 Å². The van der Waals surface area contributed by atoms with Crippen molar-refractivity contribution in [2.75, 3.05) is 36.5 Å². The second-order valence-electron chi connectivity index (χ2n) is 8.34. The van der Waals surface area contributed by atoms with Crippen LogP contribution in [0.5, 0.6) is 5.75 Å². The van der Waals surface area contributed by atoms with Crippen molar-refractivity contribution < 1.29 is 9.47 Å². The molecule has 31 heavy (non-hydrogen) atoms. The Balaban J connectivity index is 1.28. The lowest BCUT2D eigenvalue weighted by Gasteiger charge is -2.31. The molecule has 0 unspecified atom stereocenters. The third-order valence-electron chi connectivity index (χ3n) is 6.13. The summed E-state index contributed by atoms with van der Waals surface area (Å²) >= 11 is 0. The number of hydrogen-bond donors (Lipinski definition) is 1. The first-order chi connectivity index (χ1) is 15.2. The number of aryl methyl sites for hydroxylation is 1. The van der Waals surface area contributed by atoms with Gasteiger partial charge >= 0.3 is 0 Å². The third-order valence-corrected chi connectivity index (χ3v) is 6.13. The summed E-state index contributed by atoms with van der Waals surface area (Å²) in [6.45, 7) is 5.27. The standard InChI is InChI=1S/C24H29N5O2/c1-17-25-10-8-23(27-17)28-19-4-6-21(7-5-19)31-22-16-20(29-11-13-30-14-12-29)15-18-3-2-9-26-24(18)22/h2-3,8-10,15-16,19,21H,4-7,11-14H2,1H3,(H,25,27,28). The van der Waals surface area contributed by atoms with E-state index in [-0.39, 0.29) is 6.10 Å². The van der Waals surface area contributed by atoms with E-state index in [1.807, 2.05) is 25.3 Å². The van der Waals surface area contributed by atoms with Gasteiger partial charge in [-0.3, -0.25) is 4.98 Å². The van der Waals surface area contributed by atoms with Crippen LogP contribution >= 0.6 is 0 Å². The zero-order valence-corrected chi connectivity index (χ0v) is 18.0. The van der Waals surface area contributed by atoms with Gasteiger partial charge in [-0.15, -0.1) is 0 Å². The summed E-state index contributed by atoms with van der Waals surface area (Å²) in [4.78, 5) is 15.6. The molecule has 2 aromatic heterocycles. The van der Waals surface area contributed by atoms with Crippen LogP contribution in [0.25, 0.3) is 10.9 Å². The fourth-order valence-electron chi connectivity index (χ4n) is 4.49. The Labute approximate surface area is 182 Å². The van der Waals surface area contributed by atoms with Gasteiger partial charge in [0.05, 0.1) is 19.3 Å². The van der Waals surface area contributed by atoms with Crippen molar-refractivity contribution in [3.05, 3.63) is 48.5 Å². The van der Waals surface area contributed by atoms with Crippen LogP contribution in [0.2, 0.25) is 0 Å². The van der Waals surface area contributed by atoms with Gasteiger partial charge in [-0.25, -0.2) is 9.97 Å². The number of nitrogens with zero attached hydrogens (tertiary/aromatic N) is 4. The number of pyridine rings is 1. The smallest absolute Gasteiger partial charge is 0.147 e. The number of aromatic nitrogens is 3. The lowest BCUT2D eigenvalue weighted by atomic mass is 9.93. The summed E-state index contributed by atoms with van der Waals surface area (Å²) in [5, 5.41) is 4.67. The molecule has 0 amide bonds. The lowest BCUT2D eigenvalue weighted by Crippen LogP contribution is -2.36. The molecule has 1 saturated heterocycles. The zero-order chi connectivity index (χ0) is 21.0. The van der Waals surface area contributed by atoms with Crippen LogP contribution in [0, 0.1) is 6.92 Å². The first-order valence-corrected chi connectivity index (χ1v) is 11.2. The fraction of sp³-hybridized carbons (Fsp3) is 0.458. The van der Waals surface area contributed by atoms with Crippen molar-refractivity contribution in [2.45, 2.75) is 44.8 Å². The van der Waals surface area contributed by atoms with E-state index in [1.54, 1.807) is 6.20 Å². The summed E-state index contributed by atoms with van der Waals surface area (Å²) in [7, 11) is 0. The van der Waals surface area contributed by atoms with Gasteiger partial charge in [0, 0.05) is 48.7 Å². The number of morpholine rings is 1. The molecule has 0 atom stereocenters. The van der Waals surface area contributed by atoms with Crippen LogP contribution in [-0.4, -0.2) is 53.4 Å². The molecule has 3 heterocycles. The van der Waals surface area contributed by atoms with E-state index in [1.165, 1.54) is 5.69 Å². The summed E-state index contributed by atoms with van der Waals surface area (Å²) in [6.07, 6.45) is 7.99. The highest BCUT2D eigenvalue weighted by Crippen LogP contribution is 2.34. The molecule has 3 aromatic rings. The molecule has 0 bridgehead atoms. The Morgan fingerprint density at radius 3 is 2.68 bits per heavy atom. The van der Waals surface area contributed by atoms with E-state index in [9.17, 15) is 0 Å². The van der Waals surface area contributed by atoms with Crippen LogP contribution in [0.15, 0.2) is 42.7 Å². The predicted molar refractivity (Wildman–Crippen MR) is 122 cm³/mol. The lowest BCUT2D eigenvalue weighted by molar-refractivity contribution is 0.122. The Morgan fingerprint density at radius 2 is 1.87 bits per heavy atom. The Morgan fingerprint density at radius 1 is 1.03 bits per heavy atom. The molecular formula is C24H29N5O2. The van der Waals surface area contributed by atoms with E-state index < -0.39 is 0 Å². The largest absolute Gasteiger partial charge is 0.488 e. The molecule has 162 valence electrons. The molecule has 1 saturated carbocycles. The molecule has 0 radical (unpaired) electrons. The van der Waals surface area contributed by atoms with Gasteiger partial charge in [-0.05, 0) is 50.8 Å². The summed E-state index contributed by atoms with van der Waals surface area (Å²) in [5.41, 5.74) is 2.13. The van der Waals surface area contributed by atoms with Crippen LogP contribution in [0.1, 0.15) is 31.5 Å². The minimum Gasteiger partial charge on any atom is -0.488 e. The Kier molecular flexibility index (Phi) is 5.84. The minimum atomic E-state index is 0.204. The van der Waals surface area contributed by atoms with Crippen molar-refractivity contribution >= 4 is 22.4 Å². The number of hydrogen-bond acceptors (Lipinski definition) is 7. The van der Waals surface area contributed by atoms with Crippen molar-refractivity contribution in [3.63, 3.8) is 0 Å². The van der Waals surface area contributed by atoms with Crippen molar-refractivity contribution in [1.29, 1.82) is 0 Å². The first-order valence-electron chi connectivity index (χ1n) is 11.2. The SMILES string of the molecule is Cc1nccc(NC2CCC(Oc3cc(N4CCOCC4)cc4cccnc34)CC2)n1. The molecule has 1 aliphatic heterocycles. The van der Waals surface area contributed by atoms with Crippen LogP contribution in [0.4, 0.5) is 11.5 Å². The van der Waals surface area contributed by atoms with E-state index in [4.69, 9.17) is 9.47 Å². The highest BCUT2D eigenvalue weighted by molar-refractivity contribution is 5.88. The molecule has 2 fully saturated rings. The molecule has 0 spiro atoms. The van der Waals surface area contributed by atoms with Crippen molar-refractivity contribution in [3.8, 4) is 5.75 Å². The van der Waals surface area contributed by atoms with Gasteiger partial charge in [0.25, 0.3) is 0 Å². The maximum Gasteiger partial charge on any atom is 0.147 e. The number of rotatable bonds is 5. The molecule has 5 rings (SSSR count). The Hall–Kier alpha value is -2.93. The van der Waals surface area contributed by atoms with Gasteiger partial charge in [0.15, 0.2) is 0 Å².